The molecule has 3 N–H and O–H groups in total. The van der Waals surface area contributed by atoms with Gasteiger partial charge in [-0.15, -0.1) is 0 Å². The van der Waals surface area contributed by atoms with Gasteiger partial charge in [-0.25, -0.2) is 0 Å². The predicted molar refractivity (Wildman–Crippen MR) is 111 cm³/mol. The number of alkyl halides is 3. The molecule has 6 nitrogen and oxygen atoms in total. The molecule has 166 valence electrons. The minimum atomic E-state index is -4.51. The molecular weight excluding hydrogens is 435 g/mol. The molecule has 0 aromatic heterocycles. The molecule has 0 bridgehead atoms. The van der Waals surface area contributed by atoms with E-state index in [1.54, 1.807) is 36.5 Å². The van der Waals surface area contributed by atoms with Gasteiger partial charge in [0.25, 0.3) is 11.8 Å². The largest absolute Gasteiger partial charge is 0.405 e. The number of benzene rings is 2. The monoisotopic (exact) mass is 455 g/mol. The normalized spacial score (nSPS) is 11.0. The van der Waals surface area contributed by atoms with Gasteiger partial charge in [0.15, 0.2) is 0 Å². The molecule has 2 rings (SSSR count). The van der Waals surface area contributed by atoms with E-state index in [0.29, 0.717) is 28.3 Å². The molecular formula is C21H21ClF3N3O3. The van der Waals surface area contributed by atoms with Crippen molar-refractivity contribution in [3.05, 3.63) is 64.2 Å². The van der Waals surface area contributed by atoms with Crippen molar-refractivity contribution in [2.45, 2.75) is 25.9 Å². The molecule has 0 radical (unpaired) electrons. The zero-order valence-electron chi connectivity index (χ0n) is 16.6. The highest BCUT2D eigenvalue weighted by Gasteiger charge is 2.28. The molecule has 0 atom stereocenters. The van der Waals surface area contributed by atoms with Crippen LogP contribution in [-0.2, 0) is 4.79 Å². The average Bonchev–Trinajstić information content (AvgIpc) is 2.71. The molecule has 3 amide bonds. The summed E-state index contributed by atoms with van der Waals surface area (Å²) in [5, 5.41) is 7.63. The summed E-state index contributed by atoms with van der Waals surface area (Å²) in [6.45, 7) is 0.524. The van der Waals surface area contributed by atoms with Crippen LogP contribution in [0.25, 0.3) is 0 Å². The number of nitrogens with one attached hydrogen (secondary N) is 3. The highest BCUT2D eigenvalue weighted by Crippen LogP contribution is 2.18. The van der Waals surface area contributed by atoms with E-state index in [0.717, 1.165) is 0 Å². The van der Waals surface area contributed by atoms with E-state index in [-0.39, 0.29) is 30.3 Å². The Morgan fingerprint density at radius 2 is 1.55 bits per heavy atom. The van der Waals surface area contributed by atoms with Crippen LogP contribution in [0.4, 0.5) is 18.9 Å². The van der Waals surface area contributed by atoms with Crippen LogP contribution in [-0.4, -0.2) is 37.0 Å². The Hall–Kier alpha value is -3.07. The maximum absolute atomic E-state index is 12.3. The van der Waals surface area contributed by atoms with Gasteiger partial charge in [-0.1, -0.05) is 17.7 Å². The Bertz CT molecular complexity index is 947. The molecule has 0 saturated heterocycles. The molecule has 2 aromatic rings. The Labute approximate surface area is 182 Å². The Balaban J connectivity index is 1.82. The number of carbonyl (C=O) groups excluding carboxylic acids is 3. The quantitative estimate of drug-likeness (QED) is 0.524. The summed E-state index contributed by atoms with van der Waals surface area (Å²) < 4.78 is 36.8. The number of amides is 3. The topological polar surface area (TPSA) is 87.3 Å². The molecule has 0 saturated carbocycles. The van der Waals surface area contributed by atoms with Crippen molar-refractivity contribution in [2.24, 2.45) is 0 Å². The summed E-state index contributed by atoms with van der Waals surface area (Å²) in [5.41, 5.74) is 1.43. The van der Waals surface area contributed by atoms with Gasteiger partial charge in [-0.2, -0.15) is 13.2 Å². The number of carbonyl (C=O) groups is 3. The van der Waals surface area contributed by atoms with Crippen molar-refractivity contribution in [3.63, 3.8) is 0 Å². The molecule has 0 aliphatic heterocycles. The van der Waals surface area contributed by atoms with Crippen LogP contribution in [0.15, 0.2) is 42.5 Å². The summed E-state index contributed by atoms with van der Waals surface area (Å²) >= 11 is 5.77. The lowest BCUT2D eigenvalue weighted by Crippen LogP contribution is -2.33. The van der Waals surface area contributed by atoms with Gasteiger partial charge in [-0.05, 0) is 55.3 Å². The minimum Gasteiger partial charge on any atom is -0.352 e. The second-order valence-electron chi connectivity index (χ2n) is 6.74. The third-order valence-corrected chi connectivity index (χ3v) is 4.45. The van der Waals surface area contributed by atoms with Gasteiger partial charge >= 0.3 is 6.18 Å². The average molecular weight is 456 g/mol. The van der Waals surface area contributed by atoms with Crippen molar-refractivity contribution < 1.29 is 27.6 Å². The Morgan fingerprint density at radius 1 is 0.935 bits per heavy atom. The van der Waals surface area contributed by atoms with Crippen LogP contribution in [0.3, 0.4) is 0 Å². The van der Waals surface area contributed by atoms with E-state index in [1.807, 2.05) is 0 Å². The Kier molecular flexibility index (Phi) is 8.44. The van der Waals surface area contributed by atoms with Crippen LogP contribution >= 0.6 is 11.6 Å². The summed E-state index contributed by atoms with van der Waals surface area (Å²) in [5.74, 6) is -1.53. The van der Waals surface area contributed by atoms with Gasteiger partial charge in [0.05, 0.1) is 0 Å². The van der Waals surface area contributed by atoms with Gasteiger partial charge in [0, 0.05) is 34.8 Å². The lowest BCUT2D eigenvalue weighted by atomic mass is 10.1. The fraction of sp³-hybridized carbons (Fsp3) is 0.286. The zero-order chi connectivity index (χ0) is 23.0. The fourth-order valence-corrected chi connectivity index (χ4v) is 2.67. The van der Waals surface area contributed by atoms with Crippen LogP contribution < -0.4 is 16.0 Å². The van der Waals surface area contributed by atoms with E-state index < -0.39 is 18.6 Å². The highest BCUT2D eigenvalue weighted by atomic mass is 35.5. The van der Waals surface area contributed by atoms with Gasteiger partial charge in [0.1, 0.15) is 6.54 Å². The molecule has 0 heterocycles. The number of aryl methyl sites for hydroxylation is 1. The van der Waals surface area contributed by atoms with Gasteiger partial charge in [-0.3, -0.25) is 14.4 Å². The summed E-state index contributed by atoms with van der Waals surface area (Å²) in [6, 6.07) is 10.6. The van der Waals surface area contributed by atoms with Crippen molar-refractivity contribution in [1.29, 1.82) is 0 Å². The number of rotatable bonds is 8. The van der Waals surface area contributed by atoms with Crippen LogP contribution in [0.2, 0.25) is 5.02 Å². The number of hydrogen-bond donors (Lipinski definition) is 3. The molecule has 0 fully saturated rings. The number of hydrogen-bond acceptors (Lipinski definition) is 3. The molecule has 0 spiro atoms. The second-order valence-corrected chi connectivity index (χ2v) is 7.18. The first-order chi connectivity index (χ1) is 14.5. The van der Waals surface area contributed by atoms with E-state index in [1.165, 1.54) is 18.2 Å². The molecule has 31 heavy (non-hydrogen) atoms. The molecule has 0 aliphatic carbocycles. The summed E-state index contributed by atoms with van der Waals surface area (Å²) in [4.78, 5) is 36.0. The van der Waals surface area contributed by atoms with Crippen molar-refractivity contribution >= 4 is 35.0 Å². The number of halogens is 4. The van der Waals surface area contributed by atoms with Gasteiger partial charge < -0.3 is 16.0 Å². The molecule has 2 aromatic carbocycles. The van der Waals surface area contributed by atoms with E-state index in [4.69, 9.17) is 11.6 Å². The number of anilines is 1. The van der Waals surface area contributed by atoms with Crippen LogP contribution in [0.5, 0.6) is 0 Å². The second kappa shape index (κ2) is 10.8. The highest BCUT2D eigenvalue weighted by molar-refractivity contribution is 6.30. The third kappa shape index (κ3) is 8.29. The zero-order valence-corrected chi connectivity index (χ0v) is 17.4. The molecule has 10 heteroatoms. The van der Waals surface area contributed by atoms with Crippen LogP contribution in [0.1, 0.15) is 39.1 Å². The standard InChI is InChI=1S/C21H21ClF3N3O3/c1-13-4-5-15(20(31)27-12-21(23,24)25)11-17(13)28-18(29)3-2-10-26-19(30)14-6-8-16(22)9-7-14/h4-9,11H,2-3,10,12H2,1H3,(H,26,30)(H,27,31)(H,28,29). The first-order valence-electron chi connectivity index (χ1n) is 9.34. The minimum absolute atomic E-state index is 0.000350. The SMILES string of the molecule is Cc1ccc(C(=O)NCC(F)(F)F)cc1NC(=O)CCCNC(=O)c1ccc(Cl)cc1. The van der Waals surface area contributed by atoms with Crippen molar-refractivity contribution in [1.82, 2.24) is 10.6 Å². The first-order valence-corrected chi connectivity index (χ1v) is 9.72. The molecule has 0 unspecified atom stereocenters. The summed E-state index contributed by atoms with van der Waals surface area (Å²) in [6.07, 6.45) is -4.04. The van der Waals surface area contributed by atoms with Gasteiger partial charge in [0.2, 0.25) is 5.91 Å². The first kappa shape index (κ1) is 24.2. The smallest absolute Gasteiger partial charge is 0.352 e. The van der Waals surface area contributed by atoms with E-state index in [2.05, 4.69) is 10.6 Å². The summed E-state index contributed by atoms with van der Waals surface area (Å²) in [7, 11) is 0. The van der Waals surface area contributed by atoms with Crippen molar-refractivity contribution in [3.8, 4) is 0 Å². The lowest BCUT2D eigenvalue weighted by molar-refractivity contribution is -0.123. The van der Waals surface area contributed by atoms with E-state index in [9.17, 15) is 27.6 Å². The van der Waals surface area contributed by atoms with Crippen molar-refractivity contribution in [2.75, 3.05) is 18.4 Å². The lowest BCUT2D eigenvalue weighted by Gasteiger charge is -2.12. The predicted octanol–water partition coefficient (Wildman–Crippen LogP) is 4.09. The third-order valence-electron chi connectivity index (χ3n) is 4.20. The fourth-order valence-electron chi connectivity index (χ4n) is 2.55. The molecule has 0 aliphatic rings. The van der Waals surface area contributed by atoms with Crippen LogP contribution in [0, 0.1) is 6.92 Å². The van der Waals surface area contributed by atoms with E-state index >= 15 is 0 Å². The maximum atomic E-state index is 12.3. The Morgan fingerprint density at radius 3 is 2.19 bits per heavy atom. The maximum Gasteiger partial charge on any atom is 0.405 e.